The monoisotopic (exact) mass is 294 g/mol. The van der Waals surface area contributed by atoms with Gasteiger partial charge in [-0.25, -0.2) is 0 Å². The van der Waals surface area contributed by atoms with E-state index in [-0.39, 0.29) is 12.3 Å². The average molecular weight is 294 g/mol. The third kappa shape index (κ3) is 2.48. The standard InChI is InChI=1S/C18H18N2O2/c19-17(20)14-4-3-13-10-15(6-5-12(13)9-14)18(11-16(21)22)7-1-2-8-18/h1,3-7,9-10H,2,8,11H2,(H3,19,20)(H,21,22). The molecule has 0 radical (unpaired) electrons. The molecule has 1 unspecified atom stereocenters. The number of rotatable bonds is 4. The van der Waals surface area contributed by atoms with Crippen molar-refractivity contribution >= 4 is 22.6 Å². The maximum absolute atomic E-state index is 11.2. The molecule has 0 amide bonds. The fourth-order valence-corrected chi connectivity index (χ4v) is 3.22. The van der Waals surface area contributed by atoms with E-state index in [0.717, 1.165) is 29.2 Å². The van der Waals surface area contributed by atoms with Gasteiger partial charge < -0.3 is 10.8 Å². The van der Waals surface area contributed by atoms with Gasteiger partial charge in [0.05, 0.1) is 6.42 Å². The molecule has 0 saturated heterocycles. The first-order chi connectivity index (χ1) is 10.5. The molecule has 1 atom stereocenters. The molecule has 0 bridgehead atoms. The van der Waals surface area contributed by atoms with Crippen LogP contribution in [0.5, 0.6) is 0 Å². The quantitative estimate of drug-likeness (QED) is 0.460. The van der Waals surface area contributed by atoms with Gasteiger partial charge >= 0.3 is 5.97 Å². The van der Waals surface area contributed by atoms with E-state index in [1.54, 1.807) is 0 Å². The van der Waals surface area contributed by atoms with E-state index >= 15 is 0 Å². The van der Waals surface area contributed by atoms with Crippen molar-refractivity contribution in [2.24, 2.45) is 5.73 Å². The third-order valence-corrected chi connectivity index (χ3v) is 4.39. The summed E-state index contributed by atoms with van der Waals surface area (Å²) in [7, 11) is 0. The summed E-state index contributed by atoms with van der Waals surface area (Å²) in [6.45, 7) is 0. The van der Waals surface area contributed by atoms with Crippen LogP contribution in [0.3, 0.4) is 0 Å². The molecule has 112 valence electrons. The Hall–Kier alpha value is -2.62. The number of hydrogen-bond donors (Lipinski definition) is 3. The van der Waals surface area contributed by atoms with Gasteiger partial charge in [0.25, 0.3) is 0 Å². The van der Waals surface area contributed by atoms with Gasteiger partial charge in [-0.1, -0.05) is 42.5 Å². The molecule has 1 aliphatic carbocycles. The lowest BCUT2D eigenvalue weighted by Crippen LogP contribution is -2.24. The zero-order valence-corrected chi connectivity index (χ0v) is 12.2. The largest absolute Gasteiger partial charge is 0.481 e. The number of benzene rings is 2. The highest BCUT2D eigenvalue weighted by Crippen LogP contribution is 2.40. The molecule has 0 heterocycles. The number of nitrogen functional groups attached to an aromatic ring is 1. The van der Waals surface area contributed by atoms with Crippen LogP contribution in [0.2, 0.25) is 0 Å². The number of nitrogens with two attached hydrogens (primary N) is 1. The highest BCUT2D eigenvalue weighted by molar-refractivity contribution is 5.99. The van der Waals surface area contributed by atoms with E-state index in [0.29, 0.717) is 5.56 Å². The van der Waals surface area contributed by atoms with Crippen LogP contribution in [0.4, 0.5) is 0 Å². The number of allylic oxidation sites excluding steroid dienone is 2. The normalized spacial score (nSPS) is 20.4. The van der Waals surface area contributed by atoms with E-state index < -0.39 is 11.4 Å². The SMILES string of the molecule is N=C(N)c1ccc2cc(C3(CC(=O)O)C=CCC3)ccc2c1. The molecule has 0 aromatic heterocycles. The molecule has 0 saturated carbocycles. The number of carboxylic acids is 1. The third-order valence-electron chi connectivity index (χ3n) is 4.39. The lowest BCUT2D eigenvalue weighted by Gasteiger charge is -2.26. The van der Waals surface area contributed by atoms with Crippen molar-refractivity contribution in [2.45, 2.75) is 24.7 Å². The Balaban J connectivity index is 2.07. The van der Waals surface area contributed by atoms with Crippen LogP contribution in [0, 0.1) is 5.41 Å². The van der Waals surface area contributed by atoms with Gasteiger partial charge in [0.1, 0.15) is 5.84 Å². The molecule has 4 heteroatoms. The van der Waals surface area contributed by atoms with Crippen molar-refractivity contribution in [1.82, 2.24) is 0 Å². The fourth-order valence-electron chi connectivity index (χ4n) is 3.22. The summed E-state index contributed by atoms with van der Waals surface area (Å²) < 4.78 is 0. The summed E-state index contributed by atoms with van der Waals surface area (Å²) in [5, 5.41) is 18.8. The zero-order valence-electron chi connectivity index (χ0n) is 12.2. The topological polar surface area (TPSA) is 87.2 Å². The van der Waals surface area contributed by atoms with Gasteiger partial charge in [0, 0.05) is 11.0 Å². The second kappa shape index (κ2) is 5.30. The number of hydrogen-bond acceptors (Lipinski definition) is 2. The van der Waals surface area contributed by atoms with Crippen LogP contribution >= 0.6 is 0 Å². The van der Waals surface area contributed by atoms with Gasteiger partial charge in [-0.2, -0.15) is 0 Å². The molecule has 2 aromatic carbocycles. The minimum atomic E-state index is -0.779. The van der Waals surface area contributed by atoms with E-state index in [2.05, 4.69) is 12.1 Å². The fraction of sp³-hybridized carbons (Fsp3) is 0.222. The Morgan fingerprint density at radius 2 is 1.95 bits per heavy atom. The van der Waals surface area contributed by atoms with Gasteiger partial charge in [-0.3, -0.25) is 10.2 Å². The molecule has 1 aliphatic rings. The molecule has 0 fully saturated rings. The van der Waals surface area contributed by atoms with Gasteiger partial charge in [-0.05, 0) is 35.2 Å². The summed E-state index contributed by atoms with van der Waals surface area (Å²) in [5.41, 5.74) is 6.85. The van der Waals surface area contributed by atoms with E-state index in [1.165, 1.54) is 0 Å². The van der Waals surface area contributed by atoms with E-state index in [9.17, 15) is 9.90 Å². The molecule has 3 rings (SSSR count). The second-order valence-electron chi connectivity index (χ2n) is 5.86. The number of carbonyl (C=O) groups is 1. The molecule has 0 spiro atoms. The van der Waals surface area contributed by atoms with Gasteiger partial charge in [0.2, 0.25) is 0 Å². The molecule has 4 N–H and O–H groups in total. The average Bonchev–Trinajstić information content (AvgIpc) is 2.95. The molecule has 4 nitrogen and oxygen atoms in total. The number of nitrogens with one attached hydrogen (secondary N) is 1. The number of aliphatic carboxylic acids is 1. The van der Waals surface area contributed by atoms with Crippen LogP contribution in [-0.4, -0.2) is 16.9 Å². The Labute approximate surface area is 128 Å². The van der Waals surface area contributed by atoms with Crippen LogP contribution in [0.25, 0.3) is 10.8 Å². The highest BCUT2D eigenvalue weighted by atomic mass is 16.4. The predicted molar refractivity (Wildman–Crippen MR) is 87.3 cm³/mol. The number of fused-ring (bicyclic) bond motifs is 1. The first kappa shape index (κ1) is 14.3. The molecule has 22 heavy (non-hydrogen) atoms. The summed E-state index contributed by atoms with van der Waals surface area (Å²) in [6, 6.07) is 11.7. The molecule has 2 aromatic rings. The van der Waals surface area contributed by atoms with Gasteiger partial charge in [0.15, 0.2) is 0 Å². The summed E-state index contributed by atoms with van der Waals surface area (Å²) in [6.07, 6.45) is 5.95. The van der Waals surface area contributed by atoms with Crippen LogP contribution in [0.15, 0.2) is 48.6 Å². The predicted octanol–water partition coefficient (Wildman–Crippen LogP) is 3.19. The zero-order chi connectivity index (χ0) is 15.7. The summed E-state index contributed by atoms with van der Waals surface area (Å²) >= 11 is 0. The smallest absolute Gasteiger partial charge is 0.304 e. The van der Waals surface area contributed by atoms with Crippen molar-refractivity contribution in [2.75, 3.05) is 0 Å². The maximum Gasteiger partial charge on any atom is 0.304 e. The summed E-state index contributed by atoms with van der Waals surface area (Å²) in [4.78, 5) is 11.2. The molecule has 0 aliphatic heterocycles. The van der Waals surface area contributed by atoms with Crippen molar-refractivity contribution in [3.63, 3.8) is 0 Å². The first-order valence-electron chi connectivity index (χ1n) is 7.28. The molecular weight excluding hydrogens is 276 g/mol. The van der Waals surface area contributed by atoms with Crippen molar-refractivity contribution in [3.05, 3.63) is 59.7 Å². The van der Waals surface area contributed by atoms with Crippen molar-refractivity contribution < 1.29 is 9.90 Å². The van der Waals surface area contributed by atoms with Crippen LogP contribution < -0.4 is 5.73 Å². The lowest BCUT2D eigenvalue weighted by atomic mass is 9.76. The van der Waals surface area contributed by atoms with Crippen molar-refractivity contribution in [1.29, 1.82) is 5.41 Å². The number of carboxylic acid groups (broad SMARTS) is 1. The van der Waals surface area contributed by atoms with Crippen molar-refractivity contribution in [3.8, 4) is 0 Å². The Kier molecular flexibility index (Phi) is 3.45. The van der Waals surface area contributed by atoms with Gasteiger partial charge in [-0.15, -0.1) is 0 Å². The van der Waals surface area contributed by atoms with Crippen LogP contribution in [0.1, 0.15) is 30.4 Å². The molecular formula is C18H18N2O2. The number of amidine groups is 1. The maximum atomic E-state index is 11.2. The minimum absolute atomic E-state index is 0.0482. The second-order valence-corrected chi connectivity index (χ2v) is 5.86. The van der Waals surface area contributed by atoms with Crippen LogP contribution in [-0.2, 0) is 10.2 Å². The Morgan fingerprint density at radius 3 is 2.59 bits per heavy atom. The first-order valence-corrected chi connectivity index (χ1v) is 7.28. The minimum Gasteiger partial charge on any atom is -0.481 e. The summed E-state index contributed by atoms with van der Waals surface area (Å²) in [5.74, 6) is -0.731. The Bertz CT molecular complexity index is 795. The lowest BCUT2D eigenvalue weighted by molar-refractivity contribution is -0.138. The highest BCUT2D eigenvalue weighted by Gasteiger charge is 2.34. The Morgan fingerprint density at radius 1 is 1.23 bits per heavy atom. The van der Waals surface area contributed by atoms with E-state index in [1.807, 2.05) is 36.4 Å². The van der Waals surface area contributed by atoms with E-state index in [4.69, 9.17) is 11.1 Å².